The van der Waals surface area contributed by atoms with Gasteiger partial charge >= 0.3 is 0 Å². The van der Waals surface area contributed by atoms with Crippen LogP contribution in [0.2, 0.25) is 15.1 Å². The van der Waals surface area contributed by atoms with Gasteiger partial charge in [0, 0.05) is 15.6 Å². The number of aromatic nitrogens is 2. The fourth-order valence-corrected chi connectivity index (χ4v) is 2.93. The molecule has 3 rings (SSSR count). The van der Waals surface area contributed by atoms with E-state index in [2.05, 4.69) is 9.97 Å². The van der Waals surface area contributed by atoms with Crippen molar-refractivity contribution in [2.24, 2.45) is 0 Å². The van der Waals surface area contributed by atoms with Crippen molar-refractivity contribution < 1.29 is 5.11 Å². The molecule has 0 radical (unpaired) electrons. The second-order valence-electron chi connectivity index (χ2n) is 5.04. The predicted molar refractivity (Wildman–Crippen MR) is 98.9 cm³/mol. The molecule has 124 valence electrons. The van der Waals surface area contributed by atoms with E-state index in [0.717, 1.165) is 0 Å². The van der Waals surface area contributed by atoms with Gasteiger partial charge in [-0.05, 0) is 36.4 Å². The van der Waals surface area contributed by atoms with E-state index in [-0.39, 0.29) is 27.4 Å². The van der Waals surface area contributed by atoms with E-state index in [4.69, 9.17) is 34.8 Å². The van der Waals surface area contributed by atoms with Crippen LogP contribution in [0.4, 0.5) is 0 Å². The standard InChI is InChI=1S/C17H8Cl3N3O2/c18-8-2-4-14-11(5-8)17(25)23-16(22-14)12(7-21)15(24)10-3-1-9(19)6-13(10)20/h1-6,24H,(H,22,23,25)/b15-12-. The van der Waals surface area contributed by atoms with Gasteiger partial charge in [0.25, 0.3) is 5.56 Å². The van der Waals surface area contributed by atoms with Crippen LogP contribution < -0.4 is 5.56 Å². The van der Waals surface area contributed by atoms with Crippen molar-refractivity contribution >= 4 is 57.0 Å². The number of fused-ring (bicyclic) bond motifs is 1. The molecular weight excluding hydrogens is 385 g/mol. The minimum Gasteiger partial charge on any atom is -0.506 e. The zero-order valence-corrected chi connectivity index (χ0v) is 14.6. The predicted octanol–water partition coefficient (Wildman–Crippen LogP) is 4.83. The first-order valence-corrected chi connectivity index (χ1v) is 8.03. The number of aromatic amines is 1. The highest BCUT2D eigenvalue weighted by Crippen LogP contribution is 2.30. The van der Waals surface area contributed by atoms with Crippen molar-refractivity contribution in [3.8, 4) is 6.07 Å². The summed E-state index contributed by atoms with van der Waals surface area (Å²) in [5.41, 5.74) is -0.171. The molecule has 5 nitrogen and oxygen atoms in total. The molecular formula is C17H8Cl3N3O2. The Labute approximate surface area is 156 Å². The molecule has 0 atom stereocenters. The minimum absolute atomic E-state index is 0.0779. The summed E-state index contributed by atoms with van der Waals surface area (Å²) >= 11 is 17.8. The number of nitrogens with one attached hydrogen (secondary N) is 1. The topological polar surface area (TPSA) is 89.8 Å². The monoisotopic (exact) mass is 391 g/mol. The number of hydrogen-bond acceptors (Lipinski definition) is 4. The second kappa shape index (κ2) is 6.77. The van der Waals surface area contributed by atoms with Crippen LogP contribution in [-0.4, -0.2) is 15.1 Å². The molecule has 8 heteroatoms. The zero-order chi connectivity index (χ0) is 18.1. The molecule has 0 saturated carbocycles. The number of rotatable bonds is 2. The molecule has 25 heavy (non-hydrogen) atoms. The lowest BCUT2D eigenvalue weighted by molar-refractivity contribution is 0.514. The fraction of sp³-hybridized carbons (Fsp3) is 0. The molecule has 0 aliphatic heterocycles. The quantitative estimate of drug-likeness (QED) is 0.482. The van der Waals surface area contributed by atoms with Gasteiger partial charge in [-0.1, -0.05) is 34.8 Å². The van der Waals surface area contributed by atoms with Gasteiger partial charge in [0.05, 0.1) is 15.9 Å². The Balaban J connectivity index is 2.25. The van der Waals surface area contributed by atoms with Crippen LogP contribution in [-0.2, 0) is 0 Å². The molecule has 1 aromatic heterocycles. The Morgan fingerprint density at radius 2 is 1.80 bits per heavy atom. The molecule has 0 aliphatic rings. The number of nitrogens with zero attached hydrogens (tertiary/aromatic N) is 2. The Morgan fingerprint density at radius 3 is 2.48 bits per heavy atom. The summed E-state index contributed by atoms with van der Waals surface area (Å²) in [7, 11) is 0. The smallest absolute Gasteiger partial charge is 0.259 e. The normalized spacial score (nSPS) is 11.9. The summed E-state index contributed by atoms with van der Waals surface area (Å²) in [6, 6.07) is 10.9. The summed E-state index contributed by atoms with van der Waals surface area (Å²) in [4.78, 5) is 18.9. The molecule has 0 saturated heterocycles. The van der Waals surface area contributed by atoms with Gasteiger partial charge in [-0.15, -0.1) is 0 Å². The van der Waals surface area contributed by atoms with E-state index in [1.807, 2.05) is 6.07 Å². The van der Waals surface area contributed by atoms with Crippen molar-refractivity contribution in [3.05, 3.63) is 73.2 Å². The summed E-state index contributed by atoms with van der Waals surface area (Å²) in [6.45, 7) is 0. The lowest BCUT2D eigenvalue weighted by Crippen LogP contribution is -2.12. The third kappa shape index (κ3) is 3.33. The number of H-pyrrole nitrogens is 1. The maximum atomic E-state index is 12.2. The summed E-state index contributed by atoms with van der Waals surface area (Å²) in [5, 5.41) is 21.1. The van der Waals surface area contributed by atoms with Crippen molar-refractivity contribution in [2.75, 3.05) is 0 Å². The number of halogens is 3. The molecule has 0 amide bonds. The molecule has 3 aromatic rings. The number of hydrogen-bond donors (Lipinski definition) is 2. The van der Waals surface area contributed by atoms with Gasteiger partial charge in [0.15, 0.2) is 5.82 Å². The highest BCUT2D eigenvalue weighted by atomic mass is 35.5. The molecule has 0 bridgehead atoms. The molecule has 0 aliphatic carbocycles. The molecule has 1 heterocycles. The van der Waals surface area contributed by atoms with Crippen LogP contribution in [0.3, 0.4) is 0 Å². The van der Waals surface area contributed by atoms with Crippen LogP contribution in [0.1, 0.15) is 11.4 Å². The van der Waals surface area contributed by atoms with Gasteiger partial charge in [0.1, 0.15) is 17.4 Å². The van der Waals surface area contributed by atoms with Crippen molar-refractivity contribution in [1.82, 2.24) is 9.97 Å². The zero-order valence-electron chi connectivity index (χ0n) is 12.3. The molecule has 0 unspecified atom stereocenters. The summed E-state index contributed by atoms with van der Waals surface area (Å²) in [6.07, 6.45) is 0. The van der Waals surface area contributed by atoms with Gasteiger partial charge in [-0.25, -0.2) is 4.98 Å². The van der Waals surface area contributed by atoms with Crippen molar-refractivity contribution in [2.45, 2.75) is 0 Å². The van der Waals surface area contributed by atoms with Crippen LogP contribution in [0, 0.1) is 11.3 Å². The number of nitriles is 1. The first-order chi connectivity index (χ1) is 11.9. The molecule has 0 fully saturated rings. The number of benzene rings is 2. The first-order valence-electron chi connectivity index (χ1n) is 6.89. The fourth-order valence-electron chi connectivity index (χ4n) is 2.26. The van der Waals surface area contributed by atoms with E-state index in [1.165, 1.54) is 24.3 Å². The van der Waals surface area contributed by atoms with Gasteiger partial charge < -0.3 is 10.1 Å². The largest absolute Gasteiger partial charge is 0.506 e. The Morgan fingerprint density at radius 1 is 1.12 bits per heavy atom. The third-order valence-corrected chi connectivity index (χ3v) is 4.22. The van der Waals surface area contributed by atoms with Gasteiger partial charge in [-0.2, -0.15) is 5.26 Å². The van der Waals surface area contributed by atoms with E-state index >= 15 is 0 Å². The molecule has 2 N–H and O–H groups in total. The second-order valence-corrected chi connectivity index (χ2v) is 6.32. The van der Waals surface area contributed by atoms with E-state index < -0.39 is 11.3 Å². The number of aliphatic hydroxyl groups excluding tert-OH is 1. The lowest BCUT2D eigenvalue weighted by Gasteiger charge is -2.07. The van der Waals surface area contributed by atoms with Crippen LogP contribution in [0.25, 0.3) is 22.2 Å². The molecule has 2 aromatic carbocycles. The average Bonchev–Trinajstić information content (AvgIpc) is 2.56. The third-order valence-electron chi connectivity index (χ3n) is 3.44. The highest BCUT2D eigenvalue weighted by molar-refractivity contribution is 6.35. The number of allylic oxidation sites excluding steroid dienone is 1. The van der Waals surface area contributed by atoms with Crippen LogP contribution >= 0.6 is 34.8 Å². The van der Waals surface area contributed by atoms with E-state index in [0.29, 0.717) is 15.6 Å². The SMILES string of the molecule is N#C/C(=C(/O)c1ccc(Cl)cc1Cl)c1nc2ccc(Cl)cc2c(=O)[nH]1. The Hall–Kier alpha value is -2.52. The minimum atomic E-state index is -0.481. The summed E-state index contributed by atoms with van der Waals surface area (Å²) < 4.78 is 0. The highest BCUT2D eigenvalue weighted by Gasteiger charge is 2.17. The van der Waals surface area contributed by atoms with Crippen LogP contribution in [0.5, 0.6) is 0 Å². The van der Waals surface area contributed by atoms with Crippen LogP contribution in [0.15, 0.2) is 41.2 Å². The van der Waals surface area contributed by atoms with E-state index in [9.17, 15) is 15.2 Å². The maximum Gasteiger partial charge on any atom is 0.259 e. The van der Waals surface area contributed by atoms with Gasteiger partial charge in [0.2, 0.25) is 0 Å². The number of aliphatic hydroxyl groups is 1. The maximum absolute atomic E-state index is 12.2. The Bertz CT molecular complexity index is 1130. The Kier molecular flexibility index (Phi) is 4.69. The van der Waals surface area contributed by atoms with E-state index in [1.54, 1.807) is 12.1 Å². The molecule has 0 spiro atoms. The van der Waals surface area contributed by atoms with Gasteiger partial charge in [-0.3, -0.25) is 4.79 Å². The van der Waals surface area contributed by atoms with Crippen molar-refractivity contribution in [3.63, 3.8) is 0 Å². The summed E-state index contributed by atoms with van der Waals surface area (Å²) in [5.74, 6) is -0.494. The first kappa shape index (κ1) is 17.3. The average molecular weight is 393 g/mol. The lowest BCUT2D eigenvalue weighted by atomic mass is 10.1. The van der Waals surface area contributed by atoms with Crippen molar-refractivity contribution in [1.29, 1.82) is 5.26 Å².